The number of aromatic nitrogens is 3. The monoisotopic (exact) mass is 338 g/mol. The van der Waals surface area contributed by atoms with Crippen LogP contribution in [0.5, 0.6) is 0 Å². The first-order valence-corrected chi connectivity index (χ1v) is 8.41. The molecule has 1 aliphatic heterocycles. The van der Waals surface area contributed by atoms with Crippen molar-refractivity contribution in [2.45, 2.75) is 18.8 Å². The summed E-state index contributed by atoms with van der Waals surface area (Å²) in [5.41, 5.74) is 2.36. The highest BCUT2D eigenvalue weighted by molar-refractivity contribution is 5.79. The number of aryl methyl sites for hydroxylation is 1. The molecule has 2 aromatic heterocycles. The molecule has 0 aliphatic carbocycles. The zero-order valence-electron chi connectivity index (χ0n) is 14.0. The molecule has 0 N–H and O–H groups in total. The fraction of sp³-hybridized carbons (Fsp3) is 0.316. The summed E-state index contributed by atoms with van der Waals surface area (Å²) in [5.74, 6) is 0.814. The molecule has 1 amide bonds. The molecule has 0 unspecified atom stereocenters. The average molecular weight is 338 g/mol. The summed E-state index contributed by atoms with van der Waals surface area (Å²) >= 11 is 0. The van der Waals surface area contributed by atoms with E-state index in [2.05, 4.69) is 9.55 Å². The van der Waals surface area contributed by atoms with E-state index in [1.807, 2.05) is 24.2 Å². The molecule has 1 fully saturated rings. The van der Waals surface area contributed by atoms with Gasteiger partial charge in [0.25, 0.3) is 0 Å². The first-order valence-electron chi connectivity index (χ1n) is 8.41. The molecule has 128 valence electrons. The Morgan fingerprint density at radius 1 is 1.32 bits per heavy atom. The number of fused-ring (bicyclic) bond motifs is 1. The molecule has 3 aromatic rings. The van der Waals surface area contributed by atoms with Crippen molar-refractivity contribution in [1.29, 1.82) is 0 Å². The van der Waals surface area contributed by atoms with Crippen molar-refractivity contribution in [2.75, 3.05) is 13.1 Å². The highest BCUT2D eigenvalue weighted by Crippen LogP contribution is 2.29. The van der Waals surface area contributed by atoms with E-state index in [0.29, 0.717) is 18.7 Å². The number of pyridine rings is 1. The van der Waals surface area contributed by atoms with Crippen molar-refractivity contribution in [3.05, 3.63) is 59.9 Å². The molecule has 25 heavy (non-hydrogen) atoms. The van der Waals surface area contributed by atoms with Gasteiger partial charge in [0.2, 0.25) is 5.91 Å². The molecule has 1 aliphatic rings. The number of hydrogen-bond donors (Lipinski definition) is 0. The van der Waals surface area contributed by atoms with Crippen molar-refractivity contribution < 1.29 is 9.18 Å². The number of carbonyl (C=O) groups excluding carboxylic acids is 1. The Hall–Kier alpha value is -2.76. The number of carbonyl (C=O) groups is 1. The van der Waals surface area contributed by atoms with E-state index in [1.54, 1.807) is 24.4 Å². The summed E-state index contributed by atoms with van der Waals surface area (Å²) in [4.78, 5) is 23.2. The molecule has 1 saturated heterocycles. The molecule has 6 heteroatoms. The van der Waals surface area contributed by atoms with Gasteiger partial charge in [-0.05, 0) is 24.1 Å². The SMILES string of the molecule is Cn1c([C@H]2CCN(C(=O)Cc3ccccc3F)C2)nc2ccncc21. The second-order valence-corrected chi connectivity index (χ2v) is 6.49. The fourth-order valence-corrected chi connectivity index (χ4v) is 3.53. The lowest BCUT2D eigenvalue weighted by Gasteiger charge is -2.17. The van der Waals surface area contributed by atoms with Gasteiger partial charge < -0.3 is 9.47 Å². The van der Waals surface area contributed by atoms with Crippen LogP contribution in [0.1, 0.15) is 23.7 Å². The van der Waals surface area contributed by atoms with Gasteiger partial charge in [-0.15, -0.1) is 0 Å². The minimum Gasteiger partial charge on any atom is -0.342 e. The number of rotatable bonds is 3. The third kappa shape index (κ3) is 2.88. The quantitative estimate of drug-likeness (QED) is 0.738. The van der Waals surface area contributed by atoms with Gasteiger partial charge in [0.05, 0.1) is 23.7 Å². The van der Waals surface area contributed by atoms with Gasteiger partial charge in [0, 0.05) is 32.3 Å². The normalized spacial score (nSPS) is 17.4. The first-order chi connectivity index (χ1) is 12.1. The van der Waals surface area contributed by atoms with E-state index in [4.69, 9.17) is 4.98 Å². The van der Waals surface area contributed by atoms with Crippen LogP contribution in [-0.2, 0) is 18.3 Å². The molecule has 5 nitrogen and oxygen atoms in total. The maximum absolute atomic E-state index is 13.8. The third-order valence-corrected chi connectivity index (χ3v) is 4.92. The number of benzene rings is 1. The van der Waals surface area contributed by atoms with Crippen molar-refractivity contribution in [2.24, 2.45) is 7.05 Å². The highest BCUT2D eigenvalue weighted by atomic mass is 19.1. The fourth-order valence-electron chi connectivity index (χ4n) is 3.53. The van der Waals surface area contributed by atoms with Crippen LogP contribution in [0.25, 0.3) is 11.0 Å². The standard InChI is InChI=1S/C19H19FN4O/c1-23-17-11-21-8-6-16(17)22-19(23)14-7-9-24(12-14)18(25)10-13-4-2-3-5-15(13)20/h2-6,8,11,14H,7,9-10,12H2,1H3/t14-/m0/s1. The molecule has 3 heterocycles. The van der Waals surface area contributed by atoms with Crippen LogP contribution in [0.2, 0.25) is 0 Å². The number of nitrogens with zero attached hydrogens (tertiary/aromatic N) is 4. The number of halogens is 1. The van der Waals surface area contributed by atoms with Crippen molar-refractivity contribution in [1.82, 2.24) is 19.4 Å². The van der Waals surface area contributed by atoms with Crippen molar-refractivity contribution >= 4 is 16.9 Å². The molecule has 0 spiro atoms. The summed E-state index contributed by atoms with van der Waals surface area (Å²) in [5, 5.41) is 0. The predicted molar refractivity (Wildman–Crippen MR) is 92.6 cm³/mol. The second-order valence-electron chi connectivity index (χ2n) is 6.49. The lowest BCUT2D eigenvalue weighted by molar-refractivity contribution is -0.129. The Bertz CT molecular complexity index is 936. The van der Waals surface area contributed by atoms with Crippen molar-refractivity contribution in [3.8, 4) is 0 Å². The summed E-state index contributed by atoms with van der Waals surface area (Å²) in [6.45, 7) is 1.30. The third-order valence-electron chi connectivity index (χ3n) is 4.92. The molecular formula is C19H19FN4O. The van der Waals surface area contributed by atoms with Gasteiger partial charge in [-0.3, -0.25) is 9.78 Å². The highest BCUT2D eigenvalue weighted by Gasteiger charge is 2.30. The topological polar surface area (TPSA) is 51.0 Å². The van der Waals surface area contributed by atoms with Crippen LogP contribution in [0.15, 0.2) is 42.7 Å². The number of amides is 1. The Labute approximate surface area is 145 Å². The van der Waals surface area contributed by atoms with E-state index in [9.17, 15) is 9.18 Å². The summed E-state index contributed by atoms with van der Waals surface area (Å²) < 4.78 is 15.8. The van der Waals surface area contributed by atoms with E-state index >= 15 is 0 Å². The molecule has 1 atom stereocenters. The lowest BCUT2D eigenvalue weighted by atomic mass is 10.1. The van der Waals surface area contributed by atoms with Gasteiger partial charge >= 0.3 is 0 Å². The zero-order chi connectivity index (χ0) is 17.4. The van der Waals surface area contributed by atoms with E-state index in [0.717, 1.165) is 23.3 Å². The second kappa shape index (κ2) is 6.27. The van der Waals surface area contributed by atoms with E-state index in [1.165, 1.54) is 6.07 Å². The number of likely N-dealkylation sites (tertiary alicyclic amines) is 1. The number of imidazole rings is 1. The zero-order valence-corrected chi connectivity index (χ0v) is 14.0. The van der Waals surface area contributed by atoms with E-state index < -0.39 is 0 Å². The van der Waals surface area contributed by atoms with Gasteiger partial charge in [0.1, 0.15) is 11.6 Å². The maximum Gasteiger partial charge on any atom is 0.227 e. The average Bonchev–Trinajstić information content (AvgIpc) is 3.22. The summed E-state index contributed by atoms with van der Waals surface area (Å²) in [6.07, 6.45) is 4.51. The van der Waals surface area contributed by atoms with Crippen LogP contribution in [0.4, 0.5) is 4.39 Å². The molecule has 0 saturated carbocycles. The van der Waals surface area contributed by atoms with E-state index in [-0.39, 0.29) is 24.1 Å². The molecule has 4 rings (SSSR count). The Morgan fingerprint density at radius 2 is 2.16 bits per heavy atom. The van der Waals surface area contributed by atoms with Crippen LogP contribution in [0, 0.1) is 5.82 Å². The minimum absolute atomic E-state index is 0.0342. The Kier molecular flexibility index (Phi) is 3.95. The van der Waals surface area contributed by atoms with Gasteiger partial charge in [0.15, 0.2) is 0 Å². The van der Waals surface area contributed by atoms with Crippen molar-refractivity contribution in [3.63, 3.8) is 0 Å². The predicted octanol–water partition coefficient (Wildman–Crippen LogP) is 2.67. The molecular weight excluding hydrogens is 319 g/mol. The maximum atomic E-state index is 13.8. The largest absolute Gasteiger partial charge is 0.342 e. The molecule has 0 bridgehead atoms. The summed E-state index contributed by atoms with van der Waals surface area (Å²) in [7, 11) is 1.98. The van der Waals surface area contributed by atoms with Gasteiger partial charge in [-0.1, -0.05) is 18.2 Å². The lowest BCUT2D eigenvalue weighted by Crippen LogP contribution is -2.30. The molecule has 0 radical (unpaired) electrons. The smallest absolute Gasteiger partial charge is 0.227 e. The number of hydrogen-bond acceptors (Lipinski definition) is 3. The first kappa shape index (κ1) is 15.7. The molecule has 1 aromatic carbocycles. The minimum atomic E-state index is -0.325. The summed E-state index contributed by atoms with van der Waals surface area (Å²) in [6, 6.07) is 8.35. The van der Waals surface area contributed by atoms with Gasteiger partial charge in [-0.2, -0.15) is 0 Å². The van der Waals surface area contributed by atoms with Gasteiger partial charge in [-0.25, -0.2) is 9.37 Å². The van der Waals surface area contributed by atoms with Crippen LogP contribution >= 0.6 is 0 Å². The Morgan fingerprint density at radius 3 is 2.96 bits per heavy atom. The van der Waals surface area contributed by atoms with Crippen LogP contribution in [0.3, 0.4) is 0 Å². The Balaban J connectivity index is 1.50. The van der Waals surface area contributed by atoms with Crippen LogP contribution < -0.4 is 0 Å². The van der Waals surface area contributed by atoms with Crippen LogP contribution in [-0.4, -0.2) is 38.4 Å².